The Morgan fingerprint density at radius 2 is 1.15 bits per heavy atom. The minimum atomic E-state index is -2.02. The summed E-state index contributed by atoms with van der Waals surface area (Å²) in [4.78, 5) is 0. The number of anilines is 1. The second-order valence-corrected chi connectivity index (χ2v) is 19.5. The Labute approximate surface area is 202 Å². The SMILES string of the molecule is CCN1N(c2ccccc2)C(C)=C([Si](C)(C)c2ccccc2)C1(C)[Si](C)(C)c1ccccc1. The molecule has 3 aromatic carbocycles. The number of para-hydroxylation sites is 1. The number of likely N-dealkylation sites (N-methyl/N-ethyl adjacent to an activating group) is 1. The van der Waals surface area contributed by atoms with Crippen LogP contribution in [0.4, 0.5) is 5.69 Å². The molecule has 0 radical (unpaired) electrons. The molecule has 4 heteroatoms. The molecule has 1 unspecified atom stereocenters. The molecule has 0 N–H and O–H groups in total. The molecular formula is C29H38N2Si2. The van der Waals surface area contributed by atoms with Gasteiger partial charge in [-0.25, -0.2) is 5.01 Å². The van der Waals surface area contributed by atoms with E-state index in [1.54, 1.807) is 5.20 Å². The smallest absolute Gasteiger partial charge is 0.112 e. The van der Waals surface area contributed by atoms with Gasteiger partial charge in [-0.1, -0.05) is 122 Å². The van der Waals surface area contributed by atoms with Gasteiger partial charge in [0.15, 0.2) is 0 Å². The van der Waals surface area contributed by atoms with E-state index >= 15 is 0 Å². The topological polar surface area (TPSA) is 6.48 Å². The summed E-state index contributed by atoms with van der Waals surface area (Å²) in [5.74, 6) is 0. The Morgan fingerprint density at radius 3 is 1.64 bits per heavy atom. The first kappa shape index (κ1) is 23.7. The molecule has 0 aliphatic carbocycles. The number of hydrogen-bond donors (Lipinski definition) is 0. The highest BCUT2D eigenvalue weighted by Crippen LogP contribution is 2.48. The molecule has 0 aromatic heterocycles. The monoisotopic (exact) mass is 470 g/mol. The van der Waals surface area contributed by atoms with E-state index in [0.29, 0.717) is 0 Å². The average molecular weight is 471 g/mol. The maximum Gasteiger partial charge on any atom is 0.112 e. The van der Waals surface area contributed by atoms with Crippen molar-refractivity contribution in [2.45, 2.75) is 52.1 Å². The molecule has 3 aromatic rings. The maximum absolute atomic E-state index is 2.68. The van der Waals surface area contributed by atoms with E-state index in [2.05, 4.69) is 148 Å². The Balaban J connectivity index is 2.02. The number of hydrogen-bond acceptors (Lipinski definition) is 2. The van der Waals surface area contributed by atoms with Crippen molar-refractivity contribution in [3.8, 4) is 0 Å². The molecule has 33 heavy (non-hydrogen) atoms. The third-order valence-corrected chi connectivity index (χ3v) is 16.9. The van der Waals surface area contributed by atoms with E-state index in [9.17, 15) is 0 Å². The standard InChI is InChI=1S/C29H38N2Si2/c1-8-30-29(3,33(6,7)27-22-16-11-17-23-27)28(32(4,5)26-20-14-10-15-21-26)24(2)31(30)25-18-12-9-13-19-25/h9-23H,8H2,1-7H3. The van der Waals surface area contributed by atoms with E-state index in [0.717, 1.165) is 6.54 Å². The lowest BCUT2D eigenvalue weighted by Gasteiger charge is -2.52. The molecule has 0 spiro atoms. The van der Waals surface area contributed by atoms with Gasteiger partial charge in [-0.15, -0.1) is 0 Å². The van der Waals surface area contributed by atoms with Crippen LogP contribution in [-0.4, -0.2) is 32.9 Å². The van der Waals surface area contributed by atoms with Gasteiger partial charge in [0.05, 0.1) is 10.8 Å². The van der Waals surface area contributed by atoms with E-state index in [4.69, 9.17) is 0 Å². The molecule has 1 atom stereocenters. The maximum atomic E-state index is 2.68. The van der Waals surface area contributed by atoms with Gasteiger partial charge in [0.25, 0.3) is 0 Å². The zero-order valence-electron chi connectivity index (χ0n) is 21.3. The summed E-state index contributed by atoms with van der Waals surface area (Å²) in [7, 11) is -4.01. The summed E-state index contributed by atoms with van der Waals surface area (Å²) < 4.78 is 0. The van der Waals surface area contributed by atoms with Crippen LogP contribution in [0.3, 0.4) is 0 Å². The molecule has 1 heterocycles. The normalized spacial score (nSPS) is 19.9. The second-order valence-electron chi connectivity index (χ2n) is 10.4. The molecule has 0 saturated heterocycles. The van der Waals surface area contributed by atoms with Crippen molar-refractivity contribution in [1.29, 1.82) is 0 Å². The number of benzene rings is 3. The predicted molar refractivity (Wildman–Crippen MR) is 150 cm³/mol. The minimum absolute atomic E-state index is 0.0470. The van der Waals surface area contributed by atoms with Crippen LogP contribution in [0.1, 0.15) is 20.8 Å². The average Bonchev–Trinajstić information content (AvgIpc) is 3.08. The molecule has 0 saturated carbocycles. The Kier molecular flexibility index (Phi) is 6.29. The van der Waals surface area contributed by atoms with Gasteiger partial charge in [-0.3, -0.25) is 5.01 Å². The van der Waals surface area contributed by atoms with Gasteiger partial charge in [0, 0.05) is 12.2 Å². The van der Waals surface area contributed by atoms with Crippen molar-refractivity contribution in [2.24, 2.45) is 0 Å². The number of nitrogens with zero attached hydrogens (tertiary/aromatic N) is 2. The third kappa shape index (κ3) is 3.65. The lowest BCUT2D eigenvalue weighted by molar-refractivity contribution is 0.228. The number of hydrazine groups is 1. The fourth-order valence-corrected chi connectivity index (χ4v) is 15.0. The first-order valence-corrected chi connectivity index (χ1v) is 18.1. The van der Waals surface area contributed by atoms with Crippen LogP contribution in [0.25, 0.3) is 0 Å². The fraction of sp³-hybridized carbons (Fsp3) is 0.310. The molecule has 0 fully saturated rings. The highest BCUT2D eigenvalue weighted by atomic mass is 28.3. The second kappa shape index (κ2) is 8.75. The minimum Gasteiger partial charge on any atom is -0.279 e. The first-order valence-electron chi connectivity index (χ1n) is 12.1. The number of allylic oxidation sites excluding steroid dienone is 1. The molecule has 1 aliphatic rings. The van der Waals surface area contributed by atoms with Gasteiger partial charge < -0.3 is 0 Å². The van der Waals surface area contributed by atoms with Crippen LogP contribution in [0.2, 0.25) is 26.2 Å². The van der Waals surface area contributed by atoms with Gasteiger partial charge in [-0.05, 0) is 31.2 Å². The lowest BCUT2D eigenvalue weighted by Crippen LogP contribution is -2.72. The zero-order chi connectivity index (χ0) is 23.9. The molecule has 1 aliphatic heterocycles. The van der Waals surface area contributed by atoms with Crippen molar-refractivity contribution in [2.75, 3.05) is 11.6 Å². The third-order valence-electron chi connectivity index (χ3n) is 8.06. The van der Waals surface area contributed by atoms with Gasteiger partial charge in [0.2, 0.25) is 0 Å². The van der Waals surface area contributed by atoms with Crippen molar-refractivity contribution < 1.29 is 0 Å². The van der Waals surface area contributed by atoms with Crippen LogP contribution in [0.15, 0.2) is 102 Å². The van der Waals surface area contributed by atoms with Crippen LogP contribution >= 0.6 is 0 Å². The summed E-state index contributed by atoms with van der Waals surface area (Å²) >= 11 is 0. The van der Waals surface area contributed by atoms with Crippen molar-refractivity contribution >= 4 is 32.2 Å². The summed E-state index contributed by atoms with van der Waals surface area (Å²) in [5, 5.41) is 9.87. The summed E-state index contributed by atoms with van der Waals surface area (Å²) in [6, 6.07) is 33.5. The van der Waals surface area contributed by atoms with E-state index in [1.807, 2.05) is 0 Å². The largest absolute Gasteiger partial charge is 0.279 e. The molecule has 2 nitrogen and oxygen atoms in total. The van der Waals surface area contributed by atoms with Gasteiger partial charge in [-0.2, -0.15) is 0 Å². The molecule has 4 rings (SSSR count). The molecule has 0 amide bonds. The Morgan fingerprint density at radius 1 is 0.697 bits per heavy atom. The van der Waals surface area contributed by atoms with Crippen LogP contribution in [0.5, 0.6) is 0 Å². The Hall–Kier alpha value is -2.41. The van der Waals surface area contributed by atoms with E-state index in [-0.39, 0.29) is 5.16 Å². The predicted octanol–water partition coefficient (Wildman–Crippen LogP) is 6.09. The van der Waals surface area contributed by atoms with E-state index < -0.39 is 16.1 Å². The summed E-state index contributed by atoms with van der Waals surface area (Å²) in [6.07, 6.45) is 0. The van der Waals surface area contributed by atoms with Crippen molar-refractivity contribution in [1.82, 2.24) is 5.01 Å². The van der Waals surface area contributed by atoms with Crippen molar-refractivity contribution in [3.63, 3.8) is 0 Å². The quantitative estimate of drug-likeness (QED) is 0.403. The van der Waals surface area contributed by atoms with Crippen LogP contribution in [0, 0.1) is 0 Å². The Bertz CT molecular complexity index is 1120. The van der Waals surface area contributed by atoms with Gasteiger partial charge >= 0.3 is 0 Å². The first-order chi connectivity index (χ1) is 15.7. The van der Waals surface area contributed by atoms with Crippen LogP contribution in [-0.2, 0) is 0 Å². The summed E-state index contributed by atoms with van der Waals surface area (Å²) in [6.45, 7) is 18.4. The van der Waals surface area contributed by atoms with Gasteiger partial charge in [0.1, 0.15) is 16.1 Å². The highest BCUT2D eigenvalue weighted by Gasteiger charge is 2.60. The zero-order valence-corrected chi connectivity index (χ0v) is 23.3. The van der Waals surface area contributed by atoms with Crippen LogP contribution < -0.4 is 15.4 Å². The molecular weight excluding hydrogens is 433 g/mol. The lowest BCUT2D eigenvalue weighted by atomic mass is 10.2. The molecule has 172 valence electrons. The van der Waals surface area contributed by atoms with Crippen molar-refractivity contribution in [3.05, 3.63) is 102 Å². The van der Waals surface area contributed by atoms with E-state index in [1.165, 1.54) is 21.8 Å². The number of rotatable bonds is 6. The highest BCUT2D eigenvalue weighted by molar-refractivity contribution is 7.01. The molecule has 0 bridgehead atoms. The fourth-order valence-electron chi connectivity index (χ4n) is 6.16. The summed E-state index contributed by atoms with van der Waals surface area (Å²) in [5.41, 5.74) is 2.68.